The Balaban J connectivity index is 2.51. The Labute approximate surface area is 94.2 Å². The molecule has 0 aliphatic heterocycles. The van der Waals surface area contributed by atoms with Gasteiger partial charge in [-0.25, -0.2) is 14.6 Å². The van der Waals surface area contributed by atoms with Gasteiger partial charge in [-0.05, 0) is 12.1 Å². The number of furan rings is 1. The highest BCUT2D eigenvalue weighted by atomic mass is 16.5. The predicted molar refractivity (Wildman–Crippen MR) is 54.1 cm³/mol. The Morgan fingerprint density at radius 3 is 2.82 bits per heavy atom. The highest BCUT2D eigenvalue weighted by molar-refractivity contribution is 5.96. The first-order valence-corrected chi connectivity index (χ1v) is 4.55. The molecule has 2 N–H and O–H groups in total. The van der Waals surface area contributed by atoms with Crippen molar-refractivity contribution in [1.29, 1.82) is 0 Å². The molecule has 0 amide bonds. The molecule has 0 spiro atoms. The number of carbonyl (C=O) groups is 2. The van der Waals surface area contributed by atoms with Gasteiger partial charge in [0, 0.05) is 6.20 Å². The zero-order chi connectivity index (χ0) is 12.4. The number of pyridine rings is 1. The Hall–Kier alpha value is -2.57. The first-order valence-electron chi connectivity index (χ1n) is 4.55. The summed E-state index contributed by atoms with van der Waals surface area (Å²) in [6.07, 6.45) is 1.43. The van der Waals surface area contributed by atoms with Crippen LogP contribution in [-0.2, 0) is 4.79 Å². The monoisotopic (exact) mass is 237 g/mol. The minimum absolute atomic E-state index is 0.0882. The van der Waals surface area contributed by atoms with Crippen molar-refractivity contribution in [3.8, 4) is 5.75 Å². The molecular formula is C10H7NO6. The van der Waals surface area contributed by atoms with Crippen LogP contribution in [0, 0.1) is 0 Å². The lowest BCUT2D eigenvalue weighted by molar-refractivity contribution is -0.139. The zero-order valence-electron chi connectivity index (χ0n) is 8.41. The second-order valence-electron chi connectivity index (χ2n) is 3.10. The van der Waals surface area contributed by atoms with Gasteiger partial charge in [-0.1, -0.05) is 0 Å². The van der Waals surface area contributed by atoms with Gasteiger partial charge >= 0.3 is 11.9 Å². The van der Waals surface area contributed by atoms with Gasteiger partial charge in [0.05, 0.1) is 5.39 Å². The lowest BCUT2D eigenvalue weighted by atomic mass is 10.3. The maximum Gasteiger partial charge on any atom is 0.375 e. The predicted octanol–water partition coefficient (Wildman–Crippen LogP) is 0.989. The van der Waals surface area contributed by atoms with Crippen molar-refractivity contribution < 1.29 is 29.0 Å². The van der Waals surface area contributed by atoms with E-state index in [9.17, 15) is 9.59 Å². The molecule has 0 aliphatic carbocycles. The lowest BCUT2D eigenvalue weighted by Crippen LogP contribution is -2.11. The fraction of sp³-hybridized carbons (Fsp3) is 0.100. The fourth-order valence-corrected chi connectivity index (χ4v) is 1.33. The lowest BCUT2D eigenvalue weighted by Gasteiger charge is -2.00. The fourth-order valence-electron chi connectivity index (χ4n) is 1.33. The highest BCUT2D eigenvalue weighted by Crippen LogP contribution is 2.31. The van der Waals surface area contributed by atoms with Gasteiger partial charge in [0.25, 0.3) is 5.76 Å². The number of aliphatic carboxylic acids is 1. The number of hydrogen-bond acceptors (Lipinski definition) is 5. The molecule has 7 nitrogen and oxygen atoms in total. The molecule has 0 radical (unpaired) electrons. The van der Waals surface area contributed by atoms with Crippen LogP contribution in [0.5, 0.6) is 5.75 Å². The van der Waals surface area contributed by atoms with Gasteiger partial charge in [0.15, 0.2) is 12.4 Å². The maximum absolute atomic E-state index is 10.9. The van der Waals surface area contributed by atoms with Crippen LogP contribution < -0.4 is 4.74 Å². The second-order valence-corrected chi connectivity index (χ2v) is 3.10. The van der Waals surface area contributed by atoms with E-state index < -0.39 is 24.3 Å². The van der Waals surface area contributed by atoms with E-state index in [1.54, 1.807) is 6.07 Å². The highest BCUT2D eigenvalue weighted by Gasteiger charge is 2.22. The van der Waals surface area contributed by atoms with E-state index >= 15 is 0 Å². The molecule has 0 saturated heterocycles. The van der Waals surface area contributed by atoms with Crippen LogP contribution in [0.25, 0.3) is 11.1 Å². The van der Waals surface area contributed by atoms with Crippen molar-refractivity contribution in [2.45, 2.75) is 0 Å². The van der Waals surface area contributed by atoms with Gasteiger partial charge in [-0.2, -0.15) is 0 Å². The van der Waals surface area contributed by atoms with Crippen LogP contribution >= 0.6 is 0 Å². The topological polar surface area (TPSA) is 110 Å². The molecule has 2 rings (SSSR count). The molecule has 17 heavy (non-hydrogen) atoms. The quantitative estimate of drug-likeness (QED) is 0.815. The van der Waals surface area contributed by atoms with Crippen molar-refractivity contribution >= 4 is 23.0 Å². The SMILES string of the molecule is O=C(O)COc1c(C(=O)O)oc2ncccc12. The van der Waals surface area contributed by atoms with E-state index in [1.165, 1.54) is 12.3 Å². The van der Waals surface area contributed by atoms with Gasteiger partial charge in [-0.3, -0.25) is 0 Å². The molecule has 0 unspecified atom stereocenters. The molecule has 0 aromatic carbocycles. The average Bonchev–Trinajstić information content (AvgIpc) is 2.65. The van der Waals surface area contributed by atoms with E-state index in [-0.39, 0.29) is 11.5 Å². The summed E-state index contributed by atoms with van der Waals surface area (Å²) < 4.78 is 9.86. The summed E-state index contributed by atoms with van der Waals surface area (Å²) in [6.45, 7) is -0.649. The molecule has 7 heteroatoms. The van der Waals surface area contributed by atoms with Crippen LogP contribution in [0.3, 0.4) is 0 Å². The molecule has 2 heterocycles. The Kier molecular flexibility index (Phi) is 2.65. The molecule has 2 aromatic rings. The maximum atomic E-state index is 10.9. The molecule has 0 atom stereocenters. The Bertz CT molecular complexity index is 587. The Morgan fingerprint density at radius 2 is 2.18 bits per heavy atom. The summed E-state index contributed by atoms with van der Waals surface area (Å²) in [5, 5.41) is 17.7. The van der Waals surface area contributed by atoms with Gasteiger partial charge in [0.2, 0.25) is 5.71 Å². The summed E-state index contributed by atoms with van der Waals surface area (Å²) in [4.78, 5) is 25.1. The van der Waals surface area contributed by atoms with E-state index in [4.69, 9.17) is 19.4 Å². The number of rotatable bonds is 4. The zero-order valence-corrected chi connectivity index (χ0v) is 8.41. The van der Waals surface area contributed by atoms with Crippen molar-refractivity contribution in [3.63, 3.8) is 0 Å². The summed E-state index contributed by atoms with van der Waals surface area (Å²) in [5.41, 5.74) is 0.0882. The van der Waals surface area contributed by atoms with E-state index in [2.05, 4.69) is 4.98 Å². The van der Waals surface area contributed by atoms with Crippen molar-refractivity contribution in [1.82, 2.24) is 4.98 Å². The summed E-state index contributed by atoms with van der Waals surface area (Å²) in [7, 11) is 0. The number of hydrogen-bond donors (Lipinski definition) is 2. The molecule has 0 aliphatic rings. The molecule has 0 saturated carbocycles. The summed E-state index contributed by atoms with van der Waals surface area (Å²) in [5.74, 6) is -3.13. The normalized spacial score (nSPS) is 10.4. The van der Waals surface area contributed by atoms with Crippen LogP contribution in [0.4, 0.5) is 0 Å². The molecule has 0 bridgehead atoms. The first-order chi connectivity index (χ1) is 8.09. The van der Waals surface area contributed by atoms with Gasteiger partial charge in [0.1, 0.15) is 0 Å². The van der Waals surface area contributed by atoms with Crippen LogP contribution in [0.1, 0.15) is 10.6 Å². The third kappa shape index (κ3) is 2.03. The van der Waals surface area contributed by atoms with Crippen molar-refractivity contribution in [2.75, 3.05) is 6.61 Å². The van der Waals surface area contributed by atoms with Crippen molar-refractivity contribution in [2.24, 2.45) is 0 Å². The number of carboxylic acids is 2. The van der Waals surface area contributed by atoms with Crippen LogP contribution in [-0.4, -0.2) is 33.7 Å². The number of carboxylic acid groups (broad SMARTS) is 2. The van der Waals surface area contributed by atoms with Crippen LogP contribution in [0.2, 0.25) is 0 Å². The number of fused-ring (bicyclic) bond motifs is 1. The summed E-state index contributed by atoms with van der Waals surface area (Å²) >= 11 is 0. The van der Waals surface area contributed by atoms with Crippen LogP contribution in [0.15, 0.2) is 22.7 Å². The number of ether oxygens (including phenoxy) is 1. The minimum Gasteiger partial charge on any atom is -0.479 e. The standard InChI is InChI=1S/C10H7NO6/c12-6(13)4-16-7-5-2-1-3-11-9(5)17-8(7)10(14)15/h1-3H,4H2,(H,12,13)(H,14,15). The van der Waals surface area contributed by atoms with Gasteiger partial charge in [-0.15, -0.1) is 0 Å². The molecule has 2 aromatic heterocycles. The largest absolute Gasteiger partial charge is 0.479 e. The van der Waals surface area contributed by atoms with Crippen molar-refractivity contribution in [3.05, 3.63) is 24.1 Å². The van der Waals surface area contributed by atoms with E-state index in [0.29, 0.717) is 5.39 Å². The average molecular weight is 237 g/mol. The third-order valence-electron chi connectivity index (χ3n) is 1.95. The second kappa shape index (κ2) is 4.12. The number of nitrogens with zero attached hydrogens (tertiary/aromatic N) is 1. The third-order valence-corrected chi connectivity index (χ3v) is 1.95. The smallest absolute Gasteiger partial charge is 0.375 e. The molecular weight excluding hydrogens is 230 g/mol. The molecule has 88 valence electrons. The Morgan fingerprint density at radius 1 is 1.41 bits per heavy atom. The van der Waals surface area contributed by atoms with Gasteiger partial charge < -0.3 is 19.4 Å². The van der Waals surface area contributed by atoms with E-state index in [1.807, 2.05) is 0 Å². The summed E-state index contributed by atoms with van der Waals surface area (Å²) in [6, 6.07) is 3.10. The number of aromatic nitrogens is 1. The number of aromatic carboxylic acids is 1. The first kappa shape index (κ1) is 10.9. The molecule has 0 fully saturated rings. The minimum atomic E-state index is -1.34. The van der Waals surface area contributed by atoms with E-state index in [0.717, 1.165) is 0 Å².